The molecule has 0 saturated carbocycles. The maximum Gasteiger partial charge on any atom is 0.339 e. The first-order valence-electron chi connectivity index (χ1n) is 5.90. The molecular formula is C14H12FNO4S. The van der Waals surface area contributed by atoms with Gasteiger partial charge < -0.3 is 9.92 Å². The second-order valence-electron chi connectivity index (χ2n) is 4.36. The lowest BCUT2D eigenvalue weighted by Gasteiger charge is -2.10. The zero-order valence-corrected chi connectivity index (χ0v) is 11.9. The van der Waals surface area contributed by atoms with Gasteiger partial charge in [-0.2, -0.15) is 8.42 Å². The lowest BCUT2D eigenvalue weighted by atomic mass is 10.1. The van der Waals surface area contributed by atoms with E-state index in [1.807, 2.05) is 0 Å². The van der Waals surface area contributed by atoms with Crippen molar-refractivity contribution < 1.29 is 21.8 Å². The molecule has 2 aromatic carbocycles. The Balaban J connectivity index is 2.46. The Morgan fingerprint density at radius 3 is 2.52 bits per heavy atom. The third-order valence-electron chi connectivity index (χ3n) is 2.69. The number of aryl methyl sites for hydroxylation is 1. The number of carbonyl (C=O) groups is 1. The van der Waals surface area contributed by atoms with E-state index in [0.29, 0.717) is 5.56 Å². The molecule has 7 heteroatoms. The first-order valence-corrected chi connectivity index (χ1v) is 7.31. The summed E-state index contributed by atoms with van der Waals surface area (Å²) >= 11 is 0. The van der Waals surface area contributed by atoms with Gasteiger partial charge in [-0.05, 0) is 42.8 Å². The number of benzene rings is 2. The Kier molecular flexibility index (Phi) is 3.95. The number of hydrogen-bond donors (Lipinski definition) is 1. The maximum absolute atomic E-state index is 13.1. The summed E-state index contributed by atoms with van der Waals surface area (Å²) in [6.45, 7) is 1.70. The number of halogens is 1. The maximum atomic E-state index is 13.1. The molecule has 0 aliphatic heterocycles. The van der Waals surface area contributed by atoms with Gasteiger partial charge in [0.05, 0.1) is 5.56 Å². The van der Waals surface area contributed by atoms with Gasteiger partial charge in [0.1, 0.15) is 10.7 Å². The molecule has 0 spiro atoms. The number of amides is 1. The van der Waals surface area contributed by atoms with E-state index in [-0.39, 0.29) is 16.2 Å². The molecule has 0 fully saturated rings. The van der Waals surface area contributed by atoms with E-state index in [0.717, 1.165) is 12.1 Å². The van der Waals surface area contributed by atoms with E-state index in [9.17, 15) is 17.6 Å². The van der Waals surface area contributed by atoms with E-state index in [4.69, 9.17) is 9.92 Å². The molecular weight excluding hydrogens is 297 g/mol. The Bertz CT molecular complexity index is 802. The van der Waals surface area contributed by atoms with Gasteiger partial charge in [0.25, 0.3) is 5.91 Å². The third kappa shape index (κ3) is 3.38. The fraction of sp³-hybridized carbons (Fsp3) is 0.0714. The minimum Gasteiger partial charge on any atom is -0.378 e. The molecule has 0 unspecified atom stereocenters. The summed E-state index contributed by atoms with van der Waals surface area (Å²) in [5.74, 6) is -1.72. The minimum atomic E-state index is -4.26. The van der Waals surface area contributed by atoms with Crippen LogP contribution in [-0.4, -0.2) is 14.3 Å². The Morgan fingerprint density at radius 1 is 1.19 bits per heavy atom. The Hall–Kier alpha value is -2.41. The van der Waals surface area contributed by atoms with Crippen LogP contribution in [0.4, 0.5) is 4.39 Å². The van der Waals surface area contributed by atoms with Gasteiger partial charge in [-0.25, -0.2) is 4.39 Å². The molecule has 2 N–H and O–H groups in total. The van der Waals surface area contributed by atoms with Gasteiger partial charge in [0.2, 0.25) is 0 Å². The molecule has 2 rings (SSSR count). The molecule has 0 aliphatic rings. The molecule has 0 heterocycles. The average molecular weight is 309 g/mol. The number of primary amides is 1. The van der Waals surface area contributed by atoms with Crippen molar-refractivity contribution in [3.05, 3.63) is 59.4 Å². The largest absolute Gasteiger partial charge is 0.378 e. The van der Waals surface area contributed by atoms with Gasteiger partial charge in [-0.15, -0.1) is 0 Å². The lowest BCUT2D eigenvalue weighted by molar-refractivity contribution is 0.0999. The summed E-state index contributed by atoms with van der Waals surface area (Å²) in [7, 11) is -4.26. The molecule has 21 heavy (non-hydrogen) atoms. The molecule has 0 saturated heterocycles. The number of nitrogens with two attached hydrogens (primary N) is 1. The fourth-order valence-electron chi connectivity index (χ4n) is 1.69. The van der Waals surface area contributed by atoms with Crippen LogP contribution in [0.1, 0.15) is 15.9 Å². The molecule has 5 nitrogen and oxygen atoms in total. The predicted molar refractivity (Wildman–Crippen MR) is 73.9 cm³/mol. The molecule has 0 radical (unpaired) electrons. The van der Waals surface area contributed by atoms with E-state index < -0.39 is 21.8 Å². The van der Waals surface area contributed by atoms with Crippen molar-refractivity contribution in [2.24, 2.45) is 5.73 Å². The fourth-order valence-corrected chi connectivity index (χ4v) is 2.66. The zero-order valence-electron chi connectivity index (χ0n) is 11.0. The molecule has 110 valence electrons. The van der Waals surface area contributed by atoms with E-state index in [1.165, 1.54) is 24.3 Å². The highest BCUT2D eigenvalue weighted by molar-refractivity contribution is 7.87. The van der Waals surface area contributed by atoms with Crippen molar-refractivity contribution in [1.29, 1.82) is 0 Å². The molecule has 0 bridgehead atoms. The summed E-state index contributed by atoms with van der Waals surface area (Å²) in [4.78, 5) is 10.9. The normalized spacial score (nSPS) is 11.1. The van der Waals surface area contributed by atoms with Crippen LogP contribution in [-0.2, 0) is 10.1 Å². The van der Waals surface area contributed by atoms with E-state index in [2.05, 4.69) is 0 Å². The van der Waals surface area contributed by atoms with Crippen LogP contribution in [0, 0.1) is 12.7 Å². The van der Waals surface area contributed by atoms with Crippen molar-refractivity contribution in [1.82, 2.24) is 0 Å². The quantitative estimate of drug-likeness (QED) is 0.875. The highest BCUT2D eigenvalue weighted by Crippen LogP contribution is 2.24. The summed E-state index contributed by atoms with van der Waals surface area (Å²) in [5.41, 5.74) is 5.79. The molecule has 2 aromatic rings. The first kappa shape index (κ1) is 15.0. The van der Waals surface area contributed by atoms with Crippen molar-refractivity contribution in [2.45, 2.75) is 11.8 Å². The SMILES string of the molecule is Cc1ccc(C(N)=O)c(OS(=O)(=O)c2cccc(F)c2)c1. The van der Waals surface area contributed by atoms with Gasteiger partial charge >= 0.3 is 10.1 Å². The van der Waals surface area contributed by atoms with Crippen molar-refractivity contribution in [3.63, 3.8) is 0 Å². The van der Waals surface area contributed by atoms with Gasteiger partial charge in [-0.1, -0.05) is 12.1 Å². The Labute approximate surface area is 121 Å². The number of rotatable bonds is 4. The summed E-state index contributed by atoms with van der Waals surface area (Å²) < 4.78 is 42.2. The predicted octanol–water partition coefficient (Wildman–Crippen LogP) is 2.00. The van der Waals surface area contributed by atoms with Crippen molar-refractivity contribution in [3.8, 4) is 5.75 Å². The highest BCUT2D eigenvalue weighted by atomic mass is 32.2. The molecule has 0 atom stereocenters. The first-order chi connectivity index (χ1) is 9.79. The van der Waals surface area contributed by atoms with Crippen LogP contribution in [0.5, 0.6) is 5.75 Å². The van der Waals surface area contributed by atoms with Crippen LogP contribution >= 0.6 is 0 Å². The number of hydrogen-bond acceptors (Lipinski definition) is 4. The minimum absolute atomic E-state index is 0.0689. The molecule has 0 aliphatic carbocycles. The lowest BCUT2D eigenvalue weighted by Crippen LogP contribution is -2.16. The highest BCUT2D eigenvalue weighted by Gasteiger charge is 2.20. The third-order valence-corrected chi connectivity index (χ3v) is 3.92. The molecule has 0 aromatic heterocycles. The standard InChI is InChI=1S/C14H12FNO4S/c1-9-5-6-12(14(16)17)13(7-9)20-21(18,19)11-4-2-3-10(15)8-11/h2-8H,1H3,(H2,16,17). The summed E-state index contributed by atoms with van der Waals surface area (Å²) in [6.07, 6.45) is 0. The summed E-state index contributed by atoms with van der Waals surface area (Å²) in [6, 6.07) is 8.72. The number of carbonyl (C=O) groups excluding carboxylic acids is 1. The van der Waals surface area contributed by atoms with Crippen LogP contribution in [0.25, 0.3) is 0 Å². The van der Waals surface area contributed by atoms with Crippen LogP contribution < -0.4 is 9.92 Å². The second-order valence-corrected chi connectivity index (χ2v) is 5.91. The zero-order chi connectivity index (χ0) is 15.6. The monoisotopic (exact) mass is 309 g/mol. The van der Waals surface area contributed by atoms with Crippen LogP contribution in [0.15, 0.2) is 47.4 Å². The second kappa shape index (κ2) is 5.53. The van der Waals surface area contributed by atoms with Crippen LogP contribution in [0.3, 0.4) is 0 Å². The van der Waals surface area contributed by atoms with Gasteiger partial charge in [0, 0.05) is 0 Å². The summed E-state index contributed by atoms with van der Waals surface area (Å²) in [5, 5.41) is 0. The van der Waals surface area contributed by atoms with Crippen LogP contribution in [0.2, 0.25) is 0 Å². The molecule has 1 amide bonds. The average Bonchev–Trinajstić information content (AvgIpc) is 2.38. The van der Waals surface area contributed by atoms with Gasteiger partial charge in [0.15, 0.2) is 5.75 Å². The van der Waals surface area contributed by atoms with Gasteiger partial charge in [-0.3, -0.25) is 4.79 Å². The van der Waals surface area contributed by atoms with Crippen molar-refractivity contribution in [2.75, 3.05) is 0 Å². The Morgan fingerprint density at radius 2 is 1.90 bits per heavy atom. The topological polar surface area (TPSA) is 86.5 Å². The smallest absolute Gasteiger partial charge is 0.339 e. The van der Waals surface area contributed by atoms with Crippen molar-refractivity contribution >= 4 is 16.0 Å². The van der Waals surface area contributed by atoms with E-state index in [1.54, 1.807) is 13.0 Å². The van der Waals surface area contributed by atoms with E-state index >= 15 is 0 Å².